The number of halogens is 3. The highest BCUT2D eigenvalue weighted by Crippen LogP contribution is 2.29. The molecule has 0 spiro atoms. The molecule has 2 rings (SSSR count). The Hall–Kier alpha value is -1.45. The first-order valence-electron chi connectivity index (χ1n) is 4.69. The first-order valence-corrected chi connectivity index (χ1v) is 5.44. The molecular weight excluding hydrogens is 264 g/mol. The number of rotatable bonds is 2. The first kappa shape index (κ1) is 12.0. The third-order valence-electron chi connectivity index (χ3n) is 2.23. The predicted octanol–water partition coefficient (Wildman–Crippen LogP) is 4.01. The Labute approximate surface area is 107 Å². The molecule has 17 heavy (non-hydrogen) atoms. The van der Waals surface area contributed by atoms with Crippen LogP contribution in [-0.2, 0) is 0 Å². The number of aldehydes is 1. The van der Waals surface area contributed by atoms with Crippen molar-refractivity contribution in [3.63, 3.8) is 0 Å². The lowest BCUT2D eigenvalue weighted by molar-refractivity contribution is 0.111. The summed E-state index contributed by atoms with van der Waals surface area (Å²) in [4.78, 5) is 14.3. The average molecular weight is 270 g/mol. The van der Waals surface area contributed by atoms with Gasteiger partial charge in [0.15, 0.2) is 6.29 Å². The first-order chi connectivity index (χ1) is 8.11. The second kappa shape index (κ2) is 4.82. The standard InChI is InChI=1S/C12H6Cl2FNO/c13-9-3-1-7(5-10(9)14)8-2-4-12(15)16-11(8)6-17/h1-6H. The van der Waals surface area contributed by atoms with Gasteiger partial charge in [0.25, 0.3) is 0 Å². The molecule has 0 unspecified atom stereocenters. The molecule has 5 heteroatoms. The van der Waals surface area contributed by atoms with Gasteiger partial charge in [0.05, 0.1) is 10.0 Å². The molecule has 0 saturated heterocycles. The van der Waals surface area contributed by atoms with Gasteiger partial charge < -0.3 is 0 Å². The molecule has 86 valence electrons. The number of nitrogens with zero attached hydrogens (tertiary/aromatic N) is 1. The van der Waals surface area contributed by atoms with Gasteiger partial charge in [-0.1, -0.05) is 29.3 Å². The van der Waals surface area contributed by atoms with E-state index in [4.69, 9.17) is 23.2 Å². The van der Waals surface area contributed by atoms with Gasteiger partial charge >= 0.3 is 0 Å². The number of aromatic nitrogens is 1. The maximum Gasteiger partial charge on any atom is 0.213 e. The van der Waals surface area contributed by atoms with E-state index in [1.807, 2.05) is 0 Å². The molecule has 0 aliphatic rings. The SMILES string of the molecule is O=Cc1nc(F)ccc1-c1ccc(Cl)c(Cl)c1. The molecule has 0 radical (unpaired) electrons. The fourth-order valence-electron chi connectivity index (χ4n) is 1.45. The summed E-state index contributed by atoms with van der Waals surface area (Å²) in [5.41, 5.74) is 1.21. The Kier molecular flexibility index (Phi) is 3.41. The Balaban J connectivity index is 2.59. The van der Waals surface area contributed by atoms with E-state index in [1.54, 1.807) is 18.2 Å². The van der Waals surface area contributed by atoms with Crippen LogP contribution in [0.1, 0.15) is 10.5 Å². The van der Waals surface area contributed by atoms with Crippen molar-refractivity contribution < 1.29 is 9.18 Å². The summed E-state index contributed by atoms with van der Waals surface area (Å²) < 4.78 is 12.9. The molecule has 0 atom stereocenters. The van der Waals surface area contributed by atoms with Crippen molar-refractivity contribution in [2.45, 2.75) is 0 Å². The lowest BCUT2D eigenvalue weighted by Crippen LogP contribution is -1.95. The monoisotopic (exact) mass is 269 g/mol. The highest BCUT2D eigenvalue weighted by molar-refractivity contribution is 6.42. The summed E-state index contributed by atoms with van der Waals surface area (Å²) in [6.07, 6.45) is 0.501. The maximum atomic E-state index is 12.9. The summed E-state index contributed by atoms with van der Waals surface area (Å²) in [5.74, 6) is -0.698. The molecule has 0 amide bonds. The van der Waals surface area contributed by atoms with Crippen molar-refractivity contribution in [3.05, 3.63) is 52.0 Å². The van der Waals surface area contributed by atoms with E-state index in [2.05, 4.69) is 4.98 Å². The largest absolute Gasteiger partial charge is 0.296 e. The van der Waals surface area contributed by atoms with Gasteiger partial charge in [-0.2, -0.15) is 4.39 Å². The van der Waals surface area contributed by atoms with Gasteiger partial charge in [0.1, 0.15) is 5.69 Å². The zero-order chi connectivity index (χ0) is 12.4. The van der Waals surface area contributed by atoms with Crippen molar-refractivity contribution in [1.82, 2.24) is 4.98 Å². The van der Waals surface area contributed by atoms with Crippen LogP contribution in [0.3, 0.4) is 0 Å². The Morgan fingerprint density at radius 2 is 1.88 bits per heavy atom. The third-order valence-corrected chi connectivity index (χ3v) is 2.97. The second-order valence-electron chi connectivity index (χ2n) is 3.31. The van der Waals surface area contributed by atoms with Crippen LogP contribution in [0.25, 0.3) is 11.1 Å². The molecule has 2 aromatic rings. The van der Waals surface area contributed by atoms with Crippen LogP contribution in [0.4, 0.5) is 4.39 Å². The second-order valence-corrected chi connectivity index (χ2v) is 4.13. The van der Waals surface area contributed by atoms with E-state index in [1.165, 1.54) is 12.1 Å². The fraction of sp³-hybridized carbons (Fsp3) is 0. The number of hydrogen-bond donors (Lipinski definition) is 0. The van der Waals surface area contributed by atoms with Gasteiger partial charge in [0, 0.05) is 5.56 Å². The van der Waals surface area contributed by atoms with E-state index in [-0.39, 0.29) is 5.69 Å². The zero-order valence-corrected chi connectivity index (χ0v) is 9.97. The van der Waals surface area contributed by atoms with Crippen molar-refractivity contribution in [1.29, 1.82) is 0 Å². The van der Waals surface area contributed by atoms with Gasteiger partial charge in [-0.3, -0.25) is 4.79 Å². The molecule has 0 aliphatic heterocycles. The van der Waals surface area contributed by atoms with E-state index in [0.29, 0.717) is 27.5 Å². The number of pyridine rings is 1. The molecule has 1 aromatic heterocycles. The van der Waals surface area contributed by atoms with E-state index < -0.39 is 5.95 Å². The van der Waals surface area contributed by atoms with Crippen LogP contribution in [0, 0.1) is 5.95 Å². The summed E-state index contributed by atoms with van der Waals surface area (Å²) in [6.45, 7) is 0. The van der Waals surface area contributed by atoms with Crippen molar-refractivity contribution in [2.75, 3.05) is 0 Å². The summed E-state index contributed by atoms with van der Waals surface area (Å²) >= 11 is 11.7. The average Bonchev–Trinajstić information content (AvgIpc) is 2.32. The van der Waals surface area contributed by atoms with Crippen LogP contribution < -0.4 is 0 Å². The molecule has 2 nitrogen and oxygen atoms in total. The lowest BCUT2D eigenvalue weighted by atomic mass is 10.0. The van der Waals surface area contributed by atoms with E-state index in [0.717, 1.165) is 0 Å². The summed E-state index contributed by atoms with van der Waals surface area (Å²) in [7, 11) is 0. The number of hydrogen-bond acceptors (Lipinski definition) is 2. The molecule has 0 fully saturated rings. The fourth-order valence-corrected chi connectivity index (χ4v) is 1.75. The molecule has 0 bridgehead atoms. The maximum absolute atomic E-state index is 12.9. The van der Waals surface area contributed by atoms with Gasteiger partial charge in [-0.05, 0) is 29.8 Å². The van der Waals surface area contributed by atoms with Crippen LogP contribution >= 0.6 is 23.2 Å². The van der Waals surface area contributed by atoms with E-state index >= 15 is 0 Å². The minimum atomic E-state index is -0.698. The number of carbonyl (C=O) groups is 1. The Morgan fingerprint density at radius 3 is 2.53 bits per heavy atom. The van der Waals surface area contributed by atoms with Crippen LogP contribution in [0.15, 0.2) is 30.3 Å². The van der Waals surface area contributed by atoms with Crippen molar-refractivity contribution in [3.8, 4) is 11.1 Å². The van der Waals surface area contributed by atoms with Crippen molar-refractivity contribution in [2.24, 2.45) is 0 Å². The number of carbonyl (C=O) groups excluding carboxylic acids is 1. The predicted molar refractivity (Wildman–Crippen MR) is 65.0 cm³/mol. The van der Waals surface area contributed by atoms with E-state index in [9.17, 15) is 9.18 Å². The van der Waals surface area contributed by atoms with Crippen LogP contribution in [-0.4, -0.2) is 11.3 Å². The van der Waals surface area contributed by atoms with Crippen LogP contribution in [0.2, 0.25) is 10.0 Å². The number of benzene rings is 1. The highest BCUT2D eigenvalue weighted by atomic mass is 35.5. The third kappa shape index (κ3) is 2.46. The smallest absolute Gasteiger partial charge is 0.213 e. The highest BCUT2D eigenvalue weighted by Gasteiger charge is 2.09. The minimum Gasteiger partial charge on any atom is -0.296 e. The van der Waals surface area contributed by atoms with Gasteiger partial charge in [-0.25, -0.2) is 4.98 Å². The van der Waals surface area contributed by atoms with Gasteiger partial charge in [0.2, 0.25) is 5.95 Å². The van der Waals surface area contributed by atoms with Gasteiger partial charge in [-0.15, -0.1) is 0 Å². The molecule has 0 N–H and O–H groups in total. The minimum absolute atomic E-state index is 0.0309. The zero-order valence-electron chi connectivity index (χ0n) is 8.45. The Bertz CT molecular complexity index is 587. The lowest BCUT2D eigenvalue weighted by Gasteiger charge is -2.05. The Morgan fingerprint density at radius 1 is 1.12 bits per heavy atom. The van der Waals surface area contributed by atoms with Crippen LogP contribution in [0.5, 0.6) is 0 Å². The molecule has 1 aromatic carbocycles. The quantitative estimate of drug-likeness (QED) is 0.609. The normalized spacial score (nSPS) is 10.3. The molecular formula is C12H6Cl2FNO. The van der Waals surface area contributed by atoms with Crippen molar-refractivity contribution >= 4 is 29.5 Å². The summed E-state index contributed by atoms with van der Waals surface area (Å²) in [5, 5.41) is 0.781. The summed E-state index contributed by atoms with van der Waals surface area (Å²) in [6, 6.07) is 7.57. The topological polar surface area (TPSA) is 30.0 Å². The molecule has 0 saturated carbocycles. The molecule has 0 aliphatic carbocycles. The molecule has 1 heterocycles.